The molecule has 0 bridgehead atoms. The Morgan fingerprint density at radius 1 is 1.15 bits per heavy atom. The first-order valence-electron chi connectivity index (χ1n) is 8.43. The van der Waals surface area contributed by atoms with Crippen molar-refractivity contribution in [2.45, 2.75) is 13.5 Å². The van der Waals surface area contributed by atoms with Gasteiger partial charge in [-0.1, -0.05) is 41.9 Å². The van der Waals surface area contributed by atoms with Crippen LogP contribution in [0, 0.1) is 0 Å². The number of benzene rings is 2. The van der Waals surface area contributed by atoms with Gasteiger partial charge in [-0.25, -0.2) is 4.79 Å². The molecule has 1 aromatic heterocycles. The van der Waals surface area contributed by atoms with Crippen molar-refractivity contribution in [1.29, 1.82) is 0 Å². The van der Waals surface area contributed by atoms with Gasteiger partial charge in [-0.05, 0) is 36.8 Å². The Labute approximate surface area is 161 Å². The van der Waals surface area contributed by atoms with Gasteiger partial charge in [0.1, 0.15) is 0 Å². The van der Waals surface area contributed by atoms with E-state index < -0.39 is 5.97 Å². The van der Waals surface area contributed by atoms with Crippen molar-refractivity contribution in [2.75, 3.05) is 11.9 Å². The van der Waals surface area contributed by atoms with Gasteiger partial charge >= 0.3 is 5.97 Å². The highest BCUT2D eigenvalue weighted by molar-refractivity contribution is 6.30. The summed E-state index contributed by atoms with van der Waals surface area (Å²) in [7, 11) is 0. The first-order chi connectivity index (χ1) is 13.1. The van der Waals surface area contributed by atoms with Crippen LogP contribution >= 0.6 is 11.6 Å². The van der Waals surface area contributed by atoms with E-state index in [4.69, 9.17) is 16.3 Å². The van der Waals surface area contributed by atoms with Crippen LogP contribution in [-0.2, 0) is 11.3 Å². The van der Waals surface area contributed by atoms with E-state index in [1.807, 2.05) is 18.2 Å². The quantitative estimate of drug-likeness (QED) is 0.657. The Morgan fingerprint density at radius 2 is 1.85 bits per heavy atom. The molecule has 0 spiro atoms. The summed E-state index contributed by atoms with van der Waals surface area (Å²) in [5, 5.41) is 7.96. The third-order valence-electron chi connectivity index (χ3n) is 3.80. The van der Waals surface area contributed by atoms with Crippen LogP contribution in [0.4, 0.5) is 5.69 Å². The largest absolute Gasteiger partial charge is 0.461 e. The number of halogens is 1. The van der Waals surface area contributed by atoms with Crippen molar-refractivity contribution in [2.24, 2.45) is 0 Å². The van der Waals surface area contributed by atoms with Crippen LogP contribution in [-0.4, -0.2) is 22.4 Å². The van der Waals surface area contributed by atoms with Crippen LogP contribution in [0.2, 0.25) is 5.02 Å². The molecular weight excluding hydrogens is 366 g/mol. The highest BCUT2D eigenvalue weighted by Crippen LogP contribution is 2.16. The summed E-state index contributed by atoms with van der Waals surface area (Å²) in [6.07, 6.45) is 0. The predicted molar refractivity (Wildman–Crippen MR) is 105 cm³/mol. The number of rotatable bonds is 6. The minimum absolute atomic E-state index is 0.0502. The third-order valence-corrected chi connectivity index (χ3v) is 4.05. The molecule has 0 amide bonds. The van der Waals surface area contributed by atoms with Gasteiger partial charge in [0.05, 0.1) is 18.0 Å². The molecule has 3 rings (SSSR count). The standard InChI is InChI=1S/C20H18ClN3O3/c1-2-27-20(26)19-17(22-13-14-8-10-15(21)11-9-14)12-18(25)24(23-19)16-6-4-3-5-7-16/h3-12,22H,2,13H2,1H3. The molecule has 1 N–H and O–H groups in total. The van der Waals surface area contributed by atoms with Crippen molar-refractivity contribution in [1.82, 2.24) is 9.78 Å². The van der Waals surface area contributed by atoms with Crippen molar-refractivity contribution in [3.63, 3.8) is 0 Å². The Hall–Kier alpha value is -3.12. The maximum atomic E-state index is 12.5. The zero-order chi connectivity index (χ0) is 19.2. The summed E-state index contributed by atoms with van der Waals surface area (Å²) in [5.41, 5.74) is 1.53. The van der Waals surface area contributed by atoms with E-state index in [9.17, 15) is 9.59 Å². The summed E-state index contributed by atoms with van der Waals surface area (Å²) >= 11 is 5.89. The van der Waals surface area contributed by atoms with Crippen molar-refractivity contribution < 1.29 is 9.53 Å². The molecule has 0 saturated carbocycles. The van der Waals surface area contributed by atoms with E-state index in [-0.39, 0.29) is 17.9 Å². The van der Waals surface area contributed by atoms with E-state index in [0.717, 1.165) is 5.56 Å². The molecule has 0 atom stereocenters. The second-order valence-corrected chi connectivity index (χ2v) is 6.13. The number of nitrogens with zero attached hydrogens (tertiary/aromatic N) is 2. The van der Waals surface area contributed by atoms with E-state index in [1.54, 1.807) is 43.3 Å². The maximum Gasteiger partial charge on any atom is 0.360 e. The van der Waals surface area contributed by atoms with Gasteiger partial charge in [-0.15, -0.1) is 0 Å². The molecule has 0 aliphatic heterocycles. The summed E-state index contributed by atoms with van der Waals surface area (Å²) in [4.78, 5) is 24.9. The summed E-state index contributed by atoms with van der Waals surface area (Å²) in [5.74, 6) is -0.596. The van der Waals surface area contributed by atoms with Gasteiger partial charge in [0, 0.05) is 17.6 Å². The van der Waals surface area contributed by atoms with Gasteiger partial charge < -0.3 is 10.1 Å². The van der Waals surface area contributed by atoms with Crippen molar-refractivity contribution in [3.05, 3.63) is 87.3 Å². The fraction of sp³-hybridized carbons (Fsp3) is 0.150. The lowest BCUT2D eigenvalue weighted by Gasteiger charge is -2.13. The number of ether oxygens (including phenoxy) is 1. The zero-order valence-corrected chi connectivity index (χ0v) is 15.4. The molecule has 7 heteroatoms. The number of anilines is 1. The van der Waals surface area contributed by atoms with Crippen LogP contribution in [0.5, 0.6) is 0 Å². The van der Waals surface area contributed by atoms with Crippen LogP contribution in [0.3, 0.4) is 0 Å². The SMILES string of the molecule is CCOC(=O)c1nn(-c2ccccc2)c(=O)cc1NCc1ccc(Cl)cc1. The first-order valence-corrected chi connectivity index (χ1v) is 8.81. The van der Waals surface area contributed by atoms with Gasteiger partial charge in [-0.3, -0.25) is 4.79 Å². The van der Waals surface area contributed by atoms with E-state index in [1.165, 1.54) is 10.7 Å². The second-order valence-electron chi connectivity index (χ2n) is 5.69. The minimum Gasteiger partial charge on any atom is -0.461 e. The van der Waals surface area contributed by atoms with Crippen molar-refractivity contribution >= 4 is 23.3 Å². The molecule has 0 fully saturated rings. The molecule has 138 valence electrons. The Kier molecular flexibility index (Phi) is 5.88. The molecule has 0 radical (unpaired) electrons. The maximum absolute atomic E-state index is 12.5. The molecule has 3 aromatic rings. The average Bonchev–Trinajstić information content (AvgIpc) is 2.68. The summed E-state index contributed by atoms with van der Waals surface area (Å²) in [6.45, 7) is 2.33. The lowest BCUT2D eigenvalue weighted by molar-refractivity contribution is 0.0518. The molecule has 0 aliphatic carbocycles. The number of carbonyl (C=O) groups is 1. The first kappa shape index (κ1) is 18.7. The minimum atomic E-state index is -0.596. The number of esters is 1. The van der Waals surface area contributed by atoms with E-state index in [0.29, 0.717) is 22.9 Å². The van der Waals surface area contributed by atoms with Crippen LogP contribution < -0.4 is 10.9 Å². The van der Waals surface area contributed by atoms with Crippen LogP contribution in [0.1, 0.15) is 23.0 Å². The highest BCUT2D eigenvalue weighted by atomic mass is 35.5. The number of carbonyl (C=O) groups excluding carboxylic acids is 1. The fourth-order valence-electron chi connectivity index (χ4n) is 2.49. The average molecular weight is 384 g/mol. The van der Waals surface area contributed by atoms with Gasteiger partial charge in [0.25, 0.3) is 5.56 Å². The van der Waals surface area contributed by atoms with E-state index >= 15 is 0 Å². The third kappa shape index (κ3) is 4.54. The normalized spacial score (nSPS) is 10.4. The zero-order valence-electron chi connectivity index (χ0n) is 14.7. The Bertz CT molecular complexity index is 986. The topological polar surface area (TPSA) is 73.2 Å². The Morgan fingerprint density at radius 3 is 2.52 bits per heavy atom. The molecule has 6 nitrogen and oxygen atoms in total. The van der Waals surface area contributed by atoms with Crippen LogP contribution in [0.25, 0.3) is 5.69 Å². The second kappa shape index (κ2) is 8.51. The Balaban J connectivity index is 1.96. The number of para-hydroxylation sites is 1. The van der Waals surface area contributed by atoms with Crippen molar-refractivity contribution in [3.8, 4) is 5.69 Å². The lowest BCUT2D eigenvalue weighted by atomic mass is 10.2. The number of hydrogen-bond donors (Lipinski definition) is 1. The molecule has 27 heavy (non-hydrogen) atoms. The highest BCUT2D eigenvalue weighted by Gasteiger charge is 2.18. The summed E-state index contributed by atoms with van der Waals surface area (Å²) in [6, 6.07) is 17.5. The molecule has 0 saturated heterocycles. The lowest BCUT2D eigenvalue weighted by Crippen LogP contribution is -2.25. The molecule has 0 aliphatic rings. The summed E-state index contributed by atoms with van der Waals surface area (Å²) < 4.78 is 6.27. The predicted octanol–water partition coefficient (Wildman–Crippen LogP) is 3.67. The number of hydrogen-bond acceptors (Lipinski definition) is 5. The molecular formula is C20H18ClN3O3. The van der Waals surface area contributed by atoms with Gasteiger partial charge in [0.2, 0.25) is 0 Å². The van der Waals surface area contributed by atoms with Gasteiger partial charge in [-0.2, -0.15) is 9.78 Å². The fourth-order valence-corrected chi connectivity index (χ4v) is 2.62. The monoisotopic (exact) mass is 383 g/mol. The van der Waals surface area contributed by atoms with Crippen LogP contribution in [0.15, 0.2) is 65.5 Å². The van der Waals surface area contributed by atoms with E-state index in [2.05, 4.69) is 10.4 Å². The smallest absolute Gasteiger partial charge is 0.360 e. The van der Waals surface area contributed by atoms with Gasteiger partial charge in [0.15, 0.2) is 5.69 Å². The number of nitrogens with one attached hydrogen (secondary N) is 1. The molecule has 2 aromatic carbocycles. The molecule has 0 unspecified atom stereocenters. The molecule has 1 heterocycles. The number of aromatic nitrogens is 2.